The molecule has 0 spiro atoms. The van der Waals surface area contributed by atoms with Gasteiger partial charge in [0.2, 0.25) is 5.91 Å². The molecule has 1 aromatic carbocycles. The van der Waals surface area contributed by atoms with Gasteiger partial charge in [-0.25, -0.2) is 0 Å². The Labute approximate surface area is 131 Å². The van der Waals surface area contributed by atoms with Crippen molar-refractivity contribution in [3.63, 3.8) is 0 Å². The van der Waals surface area contributed by atoms with E-state index in [9.17, 15) is 14.4 Å². The number of carbonyl (C=O) groups is 3. The van der Waals surface area contributed by atoms with E-state index in [0.29, 0.717) is 18.9 Å². The van der Waals surface area contributed by atoms with E-state index in [4.69, 9.17) is 16.7 Å². The first kappa shape index (κ1) is 14.6. The Morgan fingerprint density at radius 3 is 2.77 bits per heavy atom. The molecule has 3 rings (SSSR count). The second-order valence-corrected chi connectivity index (χ2v) is 5.55. The minimum Gasteiger partial charge on any atom is -0.481 e. The molecular weight excluding hydrogens is 308 g/mol. The molecule has 0 aliphatic carbocycles. The molecule has 1 atom stereocenters. The Kier molecular flexibility index (Phi) is 3.62. The number of nitrogens with zero attached hydrogens (tertiary/aromatic N) is 1. The Bertz CT molecular complexity index is 713. The van der Waals surface area contributed by atoms with Crippen LogP contribution in [0.25, 0.3) is 0 Å². The van der Waals surface area contributed by atoms with Crippen molar-refractivity contribution in [3.05, 3.63) is 46.2 Å². The van der Waals surface area contributed by atoms with Crippen molar-refractivity contribution in [3.8, 4) is 0 Å². The number of amides is 1. The topological polar surface area (TPSA) is 86.7 Å². The third-order valence-corrected chi connectivity index (χ3v) is 4.14. The Hall–Kier alpha value is -2.34. The zero-order chi connectivity index (χ0) is 15.9. The highest BCUT2D eigenvalue weighted by atomic mass is 35.5. The molecule has 114 valence electrons. The number of hydrogen-bond acceptors (Lipinski definition) is 4. The van der Waals surface area contributed by atoms with Gasteiger partial charge >= 0.3 is 5.97 Å². The molecule has 1 fully saturated rings. The van der Waals surface area contributed by atoms with E-state index in [1.807, 2.05) is 0 Å². The fourth-order valence-corrected chi connectivity index (χ4v) is 3.07. The number of fused-ring (bicyclic) bond motifs is 1. The summed E-state index contributed by atoms with van der Waals surface area (Å²) in [4.78, 5) is 37.6. The van der Waals surface area contributed by atoms with Gasteiger partial charge in [-0.15, -0.1) is 0 Å². The third-order valence-electron chi connectivity index (χ3n) is 3.81. The van der Waals surface area contributed by atoms with Gasteiger partial charge in [0.15, 0.2) is 5.78 Å². The van der Waals surface area contributed by atoms with E-state index in [1.165, 1.54) is 4.90 Å². The van der Waals surface area contributed by atoms with E-state index in [1.54, 1.807) is 24.3 Å². The van der Waals surface area contributed by atoms with Gasteiger partial charge in [-0.1, -0.05) is 23.7 Å². The molecule has 2 heterocycles. The van der Waals surface area contributed by atoms with Crippen LogP contribution in [-0.2, 0) is 9.59 Å². The standard InChI is InChI=1S/C15H13ClN2O4/c16-10-4-2-1-3-8(10)13(21)12-9(7-11(19)20)15(22)18-6-5-17-14(12)18/h1-4,9,17H,5-7H2,(H,19,20)/t9-/m1/s1. The summed E-state index contributed by atoms with van der Waals surface area (Å²) in [5.74, 6) is -2.43. The van der Waals surface area contributed by atoms with Gasteiger partial charge in [0.25, 0.3) is 0 Å². The Balaban J connectivity index is 2.06. The van der Waals surface area contributed by atoms with Gasteiger partial charge < -0.3 is 10.4 Å². The monoisotopic (exact) mass is 320 g/mol. The van der Waals surface area contributed by atoms with E-state index in [2.05, 4.69) is 5.32 Å². The Morgan fingerprint density at radius 1 is 1.36 bits per heavy atom. The van der Waals surface area contributed by atoms with Crippen LogP contribution in [0.4, 0.5) is 0 Å². The van der Waals surface area contributed by atoms with E-state index in [0.717, 1.165) is 0 Å². The van der Waals surface area contributed by atoms with E-state index in [-0.39, 0.29) is 22.1 Å². The third kappa shape index (κ3) is 2.25. The fourth-order valence-electron chi connectivity index (χ4n) is 2.85. The first-order valence-corrected chi connectivity index (χ1v) is 7.19. The molecule has 0 saturated carbocycles. The lowest BCUT2D eigenvalue weighted by Crippen LogP contribution is -2.29. The average molecular weight is 321 g/mol. The number of aliphatic carboxylic acids is 1. The predicted octanol–water partition coefficient (Wildman–Crippen LogP) is 1.27. The molecule has 1 amide bonds. The van der Waals surface area contributed by atoms with Crippen molar-refractivity contribution in [2.24, 2.45) is 5.92 Å². The molecule has 0 bridgehead atoms. The molecule has 2 aliphatic rings. The molecule has 7 heteroatoms. The van der Waals surface area contributed by atoms with Crippen molar-refractivity contribution < 1.29 is 19.5 Å². The summed E-state index contributed by atoms with van der Waals surface area (Å²) in [6, 6.07) is 6.53. The number of benzene rings is 1. The minimum atomic E-state index is -1.12. The maximum absolute atomic E-state index is 12.8. The van der Waals surface area contributed by atoms with E-state index >= 15 is 0 Å². The molecule has 1 saturated heterocycles. The quantitative estimate of drug-likeness (QED) is 0.816. The summed E-state index contributed by atoms with van der Waals surface area (Å²) < 4.78 is 0. The summed E-state index contributed by atoms with van der Waals surface area (Å²) in [5.41, 5.74) is 0.461. The summed E-state index contributed by atoms with van der Waals surface area (Å²) >= 11 is 6.05. The van der Waals surface area contributed by atoms with Gasteiger partial charge in [0.1, 0.15) is 5.82 Å². The van der Waals surface area contributed by atoms with Crippen LogP contribution in [-0.4, -0.2) is 40.8 Å². The van der Waals surface area contributed by atoms with Crippen molar-refractivity contribution in [1.29, 1.82) is 0 Å². The highest BCUT2D eigenvalue weighted by Crippen LogP contribution is 2.35. The van der Waals surface area contributed by atoms with Crippen LogP contribution in [0.3, 0.4) is 0 Å². The lowest BCUT2D eigenvalue weighted by molar-refractivity contribution is -0.141. The molecule has 2 N–H and O–H groups in total. The number of carboxylic acid groups (broad SMARTS) is 1. The average Bonchev–Trinajstić information content (AvgIpc) is 3.02. The number of carboxylic acids is 1. The second kappa shape index (κ2) is 5.46. The lowest BCUT2D eigenvalue weighted by Gasteiger charge is -2.12. The normalized spacial score (nSPS) is 20.1. The zero-order valence-electron chi connectivity index (χ0n) is 11.5. The maximum atomic E-state index is 12.8. The van der Waals surface area contributed by atoms with Crippen LogP contribution in [0.5, 0.6) is 0 Å². The minimum absolute atomic E-state index is 0.193. The van der Waals surface area contributed by atoms with Gasteiger partial charge in [-0.2, -0.15) is 0 Å². The van der Waals surface area contributed by atoms with Crippen LogP contribution in [0.1, 0.15) is 16.8 Å². The van der Waals surface area contributed by atoms with Crippen molar-refractivity contribution in [2.75, 3.05) is 13.1 Å². The van der Waals surface area contributed by atoms with Crippen LogP contribution < -0.4 is 5.32 Å². The van der Waals surface area contributed by atoms with Crippen LogP contribution in [0.15, 0.2) is 35.7 Å². The number of Topliss-reactive ketones (excluding diaryl/α,β-unsaturated/α-hetero) is 1. The molecule has 0 aromatic heterocycles. The molecule has 22 heavy (non-hydrogen) atoms. The van der Waals surface area contributed by atoms with Gasteiger partial charge in [0, 0.05) is 18.7 Å². The number of nitrogens with one attached hydrogen (secondary N) is 1. The SMILES string of the molecule is O=C(O)C[C@H]1C(=O)N2CCNC2=C1C(=O)c1ccccc1Cl. The molecular formula is C15H13ClN2O4. The number of halogens is 1. The summed E-state index contributed by atoms with van der Waals surface area (Å²) in [6.07, 6.45) is -0.411. The highest BCUT2D eigenvalue weighted by molar-refractivity contribution is 6.35. The number of hydrogen-bond donors (Lipinski definition) is 2. The van der Waals surface area contributed by atoms with Crippen molar-refractivity contribution >= 4 is 29.3 Å². The second-order valence-electron chi connectivity index (χ2n) is 5.14. The summed E-state index contributed by atoms with van der Waals surface area (Å²) in [6.45, 7) is 0.976. The smallest absolute Gasteiger partial charge is 0.304 e. The van der Waals surface area contributed by atoms with Crippen molar-refractivity contribution in [2.45, 2.75) is 6.42 Å². The summed E-state index contributed by atoms with van der Waals surface area (Å²) in [7, 11) is 0. The van der Waals surface area contributed by atoms with Crippen LogP contribution in [0, 0.1) is 5.92 Å². The molecule has 6 nitrogen and oxygen atoms in total. The van der Waals surface area contributed by atoms with Gasteiger partial charge in [-0.05, 0) is 12.1 Å². The largest absolute Gasteiger partial charge is 0.481 e. The van der Waals surface area contributed by atoms with Crippen LogP contribution in [0.2, 0.25) is 5.02 Å². The fraction of sp³-hybridized carbons (Fsp3) is 0.267. The Morgan fingerprint density at radius 2 is 2.09 bits per heavy atom. The molecule has 1 aromatic rings. The predicted molar refractivity (Wildman–Crippen MR) is 78.3 cm³/mol. The summed E-state index contributed by atoms with van der Waals surface area (Å²) in [5, 5.41) is 12.3. The molecule has 2 aliphatic heterocycles. The molecule has 0 radical (unpaired) electrons. The van der Waals surface area contributed by atoms with E-state index < -0.39 is 24.1 Å². The first-order chi connectivity index (χ1) is 10.5. The maximum Gasteiger partial charge on any atom is 0.304 e. The zero-order valence-corrected chi connectivity index (χ0v) is 12.3. The van der Waals surface area contributed by atoms with Gasteiger partial charge in [-0.3, -0.25) is 19.3 Å². The lowest BCUT2D eigenvalue weighted by atomic mass is 9.90. The molecule has 0 unspecified atom stereocenters. The number of rotatable bonds is 4. The highest BCUT2D eigenvalue weighted by Gasteiger charge is 2.45. The number of carbonyl (C=O) groups excluding carboxylic acids is 2. The van der Waals surface area contributed by atoms with Crippen molar-refractivity contribution in [1.82, 2.24) is 10.2 Å². The van der Waals surface area contributed by atoms with Gasteiger partial charge in [0.05, 0.1) is 22.9 Å². The number of ketones is 1. The van der Waals surface area contributed by atoms with Crippen LogP contribution >= 0.6 is 11.6 Å². The first-order valence-electron chi connectivity index (χ1n) is 6.81.